The molecule has 0 fully saturated rings. The molecule has 2 heterocycles. The first kappa shape index (κ1) is 24.1. The van der Waals surface area contributed by atoms with Gasteiger partial charge < -0.3 is 4.52 Å². The van der Waals surface area contributed by atoms with Crippen LogP contribution in [0.25, 0.3) is 22.2 Å². The largest absolute Gasteiger partial charge is 0.339 e. The number of aryl methyl sites for hydroxylation is 1. The summed E-state index contributed by atoms with van der Waals surface area (Å²) in [7, 11) is 0. The number of nitrogens with zero attached hydrogens (tertiary/aromatic N) is 4. The highest BCUT2D eigenvalue weighted by atomic mass is 35.5. The fraction of sp³-hybridized carbons (Fsp3) is 0.250. The number of carbonyl (C=O) groups is 2. The van der Waals surface area contributed by atoms with Gasteiger partial charge in [0.05, 0.1) is 11.4 Å². The minimum Gasteiger partial charge on any atom is -0.339 e. The molecule has 2 aromatic carbocycles. The van der Waals surface area contributed by atoms with Crippen molar-refractivity contribution in [2.75, 3.05) is 0 Å². The molecule has 4 aromatic rings. The van der Waals surface area contributed by atoms with Crippen molar-refractivity contribution in [2.24, 2.45) is 0 Å². The van der Waals surface area contributed by atoms with E-state index in [2.05, 4.69) is 26.1 Å². The summed E-state index contributed by atoms with van der Waals surface area (Å²) in [6, 6.07) is 13.5. The highest BCUT2D eigenvalue weighted by molar-refractivity contribution is 6.30. The molecular formula is C24H23ClN6O4. The quantitative estimate of drug-likeness (QED) is 0.376. The molecule has 0 bridgehead atoms. The number of hydrogen-bond acceptors (Lipinski definition) is 7. The zero-order valence-electron chi connectivity index (χ0n) is 19.1. The minimum absolute atomic E-state index is 0.0507. The van der Waals surface area contributed by atoms with Crippen molar-refractivity contribution in [1.82, 2.24) is 30.8 Å². The fourth-order valence-corrected chi connectivity index (χ4v) is 3.57. The SMILES string of the molecule is CC(C)n1nc(C(=O)NNC(=O)CCCc2nc(-c3ccc(Cl)cc3)no2)c2ccccc2c1=O. The van der Waals surface area contributed by atoms with Crippen LogP contribution in [-0.2, 0) is 11.2 Å². The molecule has 0 unspecified atom stereocenters. The molecule has 11 heteroatoms. The highest BCUT2D eigenvalue weighted by Crippen LogP contribution is 2.19. The Morgan fingerprint density at radius 1 is 1.06 bits per heavy atom. The van der Waals surface area contributed by atoms with Crippen LogP contribution >= 0.6 is 11.6 Å². The molecule has 0 spiro atoms. The number of aromatic nitrogens is 4. The Hall–Kier alpha value is -4.05. The Morgan fingerprint density at radius 3 is 2.49 bits per heavy atom. The number of hydrazine groups is 1. The lowest BCUT2D eigenvalue weighted by Crippen LogP contribution is -2.42. The van der Waals surface area contributed by atoms with E-state index < -0.39 is 11.8 Å². The van der Waals surface area contributed by atoms with Crippen LogP contribution in [0.2, 0.25) is 5.02 Å². The van der Waals surface area contributed by atoms with E-state index in [1.807, 2.05) is 0 Å². The summed E-state index contributed by atoms with van der Waals surface area (Å²) >= 11 is 5.89. The molecule has 2 amide bonds. The topological polar surface area (TPSA) is 132 Å². The van der Waals surface area contributed by atoms with Crippen LogP contribution in [0.1, 0.15) is 49.1 Å². The molecule has 0 radical (unpaired) electrons. The van der Waals surface area contributed by atoms with Gasteiger partial charge in [-0.3, -0.25) is 25.2 Å². The van der Waals surface area contributed by atoms with Gasteiger partial charge in [-0.1, -0.05) is 35.0 Å². The van der Waals surface area contributed by atoms with Crippen molar-refractivity contribution in [3.8, 4) is 11.4 Å². The smallest absolute Gasteiger partial charge is 0.290 e. The number of benzene rings is 2. The maximum absolute atomic E-state index is 12.8. The molecule has 0 aliphatic rings. The molecule has 35 heavy (non-hydrogen) atoms. The average Bonchev–Trinajstić information content (AvgIpc) is 3.32. The molecule has 2 N–H and O–H groups in total. The summed E-state index contributed by atoms with van der Waals surface area (Å²) in [6.07, 6.45) is 0.954. The van der Waals surface area contributed by atoms with Crippen molar-refractivity contribution in [3.05, 3.63) is 75.5 Å². The van der Waals surface area contributed by atoms with E-state index in [9.17, 15) is 14.4 Å². The third-order valence-corrected chi connectivity index (χ3v) is 5.47. The second-order valence-corrected chi connectivity index (χ2v) is 8.55. The first-order valence-electron chi connectivity index (χ1n) is 11.0. The van der Waals surface area contributed by atoms with Crippen molar-refractivity contribution in [3.63, 3.8) is 0 Å². The van der Waals surface area contributed by atoms with Gasteiger partial charge in [-0.05, 0) is 50.6 Å². The van der Waals surface area contributed by atoms with Crippen LogP contribution in [0.3, 0.4) is 0 Å². The maximum Gasteiger partial charge on any atom is 0.290 e. The first-order chi connectivity index (χ1) is 16.8. The van der Waals surface area contributed by atoms with Crippen molar-refractivity contribution >= 4 is 34.2 Å². The van der Waals surface area contributed by atoms with Crippen LogP contribution in [0.4, 0.5) is 0 Å². The van der Waals surface area contributed by atoms with Crippen molar-refractivity contribution in [1.29, 1.82) is 0 Å². The second kappa shape index (κ2) is 10.5. The van der Waals surface area contributed by atoms with E-state index in [4.69, 9.17) is 16.1 Å². The summed E-state index contributed by atoms with van der Waals surface area (Å²) in [6.45, 7) is 3.60. The van der Waals surface area contributed by atoms with Gasteiger partial charge in [-0.25, -0.2) is 4.68 Å². The van der Waals surface area contributed by atoms with E-state index in [0.717, 1.165) is 5.56 Å². The van der Waals surface area contributed by atoms with Gasteiger partial charge in [-0.2, -0.15) is 10.1 Å². The molecule has 4 rings (SSSR count). The lowest BCUT2D eigenvalue weighted by Gasteiger charge is -2.13. The Bertz CT molecular complexity index is 1430. The summed E-state index contributed by atoms with van der Waals surface area (Å²) in [4.78, 5) is 41.9. The first-order valence-corrected chi connectivity index (χ1v) is 11.4. The number of carbonyl (C=O) groups excluding carboxylic acids is 2. The number of nitrogens with one attached hydrogen (secondary N) is 2. The minimum atomic E-state index is -0.617. The lowest BCUT2D eigenvalue weighted by molar-refractivity contribution is -0.121. The summed E-state index contributed by atoms with van der Waals surface area (Å²) < 4.78 is 6.49. The van der Waals surface area contributed by atoms with Crippen LogP contribution in [0.15, 0.2) is 57.8 Å². The molecule has 2 aromatic heterocycles. The Morgan fingerprint density at radius 2 is 1.77 bits per heavy atom. The zero-order valence-corrected chi connectivity index (χ0v) is 19.9. The van der Waals surface area contributed by atoms with Crippen LogP contribution in [0.5, 0.6) is 0 Å². The number of amides is 2. The molecule has 10 nitrogen and oxygen atoms in total. The predicted octanol–water partition coefficient (Wildman–Crippen LogP) is 3.46. The van der Waals surface area contributed by atoms with Crippen LogP contribution in [0, 0.1) is 0 Å². The molecule has 180 valence electrons. The van der Waals surface area contributed by atoms with Crippen molar-refractivity contribution < 1.29 is 14.1 Å². The van der Waals surface area contributed by atoms with E-state index in [-0.39, 0.29) is 23.7 Å². The van der Waals surface area contributed by atoms with E-state index in [1.54, 1.807) is 62.4 Å². The van der Waals surface area contributed by atoms with Gasteiger partial charge in [0.25, 0.3) is 11.5 Å². The molecule has 0 aliphatic heterocycles. The normalized spacial score (nSPS) is 11.1. The summed E-state index contributed by atoms with van der Waals surface area (Å²) in [5, 5.41) is 9.56. The third-order valence-electron chi connectivity index (χ3n) is 5.21. The van der Waals surface area contributed by atoms with Gasteiger partial charge in [-0.15, -0.1) is 0 Å². The molecule has 0 atom stereocenters. The van der Waals surface area contributed by atoms with E-state index in [1.165, 1.54) is 4.68 Å². The standard InChI is InChI=1S/C24H23ClN6O4/c1-14(2)31-24(34)18-7-4-3-6-17(18)21(29-31)23(33)28-27-19(32)8-5-9-20-26-22(30-35-20)15-10-12-16(25)13-11-15/h3-4,6-7,10-14H,5,8-9H2,1-2H3,(H,27,32)(H,28,33). The Kier molecular flexibility index (Phi) is 7.21. The Labute approximate surface area is 205 Å². The molecular weight excluding hydrogens is 472 g/mol. The monoisotopic (exact) mass is 494 g/mol. The van der Waals surface area contributed by atoms with Crippen LogP contribution in [-0.4, -0.2) is 31.7 Å². The number of fused-ring (bicyclic) bond motifs is 1. The predicted molar refractivity (Wildman–Crippen MR) is 130 cm³/mol. The molecule has 0 saturated heterocycles. The van der Waals surface area contributed by atoms with E-state index in [0.29, 0.717) is 40.4 Å². The number of rotatable bonds is 7. The maximum atomic E-state index is 12.8. The van der Waals surface area contributed by atoms with Gasteiger partial charge in [0.2, 0.25) is 17.6 Å². The Balaban J connectivity index is 1.33. The molecule has 0 saturated carbocycles. The fourth-order valence-electron chi connectivity index (χ4n) is 3.45. The van der Waals surface area contributed by atoms with Gasteiger partial charge in [0.1, 0.15) is 0 Å². The highest BCUT2D eigenvalue weighted by Gasteiger charge is 2.18. The average molecular weight is 495 g/mol. The third kappa shape index (κ3) is 5.55. The molecule has 0 aliphatic carbocycles. The van der Waals surface area contributed by atoms with Gasteiger partial charge in [0.15, 0.2) is 5.69 Å². The summed E-state index contributed by atoms with van der Waals surface area (Å²) in [5.74, 6) is -0.167. The zero-order chi connectivity index (χ0) is 24.9. The second-order valence-electron chi connectivity index (χ2n) is 8.11. The number of hydrogen-bond donors (Lipinski definition) is 2. The van der Waals surface area contributed by atoms with Crippen molar-refractivity contribution in [2.45, 2.75) is 39.2 Å². The number of halogens is 1. The lowest BCUT2D eigenvalue weighted by atomic mass is 10.1. The van der Waals surface area contributed by atoms with Gasteiger partial charge in [0, 0.05) is 28.8 Å². The van der Waals surface area contributed by atoms with Gasteiger partial charge >= 0.3 is 0 Å². The van der Waals surface area contributed by atoms with Crippen LogP contribution < -0.4 is 16.4 Å². The summed E-state index contributed by atoms with van der Waals surface area (Å²) in [5.41, 5.74) is 5.31. The van der Waals surface area contributed by atoms with E-state index >= 15 is 0 Å².